The maximum atomic E-state index is 12.9. The second-order valence-electron chi connectivity index (χ2n) is 7.81. The zero-order chi connectivity index (χ0) is 23.2. The highest BCUT2D eigenvalue weighted by atomic mass is 32.2. The number of hydrogen-bond donors (Lipinski definition) is 2. The van der Waals surface area contributed by atoms with Crippen molar-refractivity contribution in [2.75, 3.05) is 27.8 Å². The molecule has 3 aromatic rings. The van der Waals surface area contributed by atoms with Crippen molar-refractivity contribution < 1.29 is 9.59 Å². The summed E-state index contributed by atoms with van der Waals surface area (Å²) in [6.45, 7) is 2.31. The van der Waals surface area contributed by atoms with Crippen LogP contribution >= 0.6 is 24.0 Å². The molecular formula is C26H25N3O2S2. The van der Waals surface area contributed by atoms with Crippen LogP contribution in [-0.2, 0) is 11.2 Å². The van der Waals surface area contributed by atoms with Gasteiger partial charge in [-0.2, -0.15) is 0 Å². The molecule has 0 bridgehead atoms. The van der Waals surface area contributed by atoms with E-state index in [0.29, 0.717) is 16.4 Å². The predicted molar refractivity (Wildman–Crippen MR) is 141 cm³/mol. The van der Waals surface area contributed by atoms with Crippen LogP contribution in [0.25, 0.3) is 0 Å². The number of benzene rings is 3. The van der Waals surface area contributed by atoms with Gasteiger partial charge in [-0.25, -0.2) is 0 Å². The summed E-state index contributed by atoms with van der Waals surface area (Å²) in [6, 6.07) is 23.2. The van der Waals surface area contributed by atoms with Gasteiger partial charge in [-0.05, 0) is 86.1 Å². The number of hydrogen-bond acceptors (Lipinski definition) is 4. The van der Waals surface area contributed by atoms with Crippen molar-refractivity contribution in [2.45, 2.75) is 24.7 Å². The van der Waals surface area contributed by atoms with Crippen LogP contribution in [-0.4, -0.2) is 29.1 Å². The summed E-state index contributed by atoms with van der Waals surface area (Å²) in [6.07, 6.45) is 2.02. The molecule has 0 spiro atoms. The number of anilines is 3. The normalized spacial score (nSPS) is 12.6. The SMILES string of the molecule is CC(=O)c1ccc(NC(=S)Nc2cccc(SCC(=O)N3CCCc4ccccc43)c2)cc1. The van der Waals surface area contributed by atoms with Crippen LogP contribution in [0.4, 0.5) is 17.1 Å². The lowest BCUT2D eigenvalue weighted by molar-refractivity contribution is -0.116. The molecule has 5 nitrogen and oxygen atoms in total. The largest absolute Gasteiger partial charge is 0.332 e. The number of thioether (sulfide) groups is 1. The van der Waals surface area contributed by atoms with E-state index in [1.807, 2.05) is 59.5 Å². The number of rotatable bonds is 6. The van der Waals surface area contributed by atoms with E-state index in [1.165, 1.54) is 17.3 Å². The molecule has 0 aromatic heterocycles. The maximum Gasteiger partial charge on any atom is 0.237 e. The lowest BCUT2D eigenvalue weighted by atomic mass is 10.0. The van der Waals surface area contributed by atoms with E-state index in [9.17, 15) is 9.59 Å². The average Bonchev–Trinajstić information content (AvgIpc) is 2.82. The number of carbonyl (C=O) groups is 2. The monoisotopic (exact) mass is 475 g/mol. The highest BCUT2D eigenvalue weighted by Gasteiger charge is 2.22. The standard InChI is InChI=1S/C26H25N3O2S2/c1-18(30)19-11-13-21(14-12-19)27-26(32)28-22-8-4-9-23(16-22)33-17-25(31)29-15-5-7-20-6-2-3-10-24(20)29/h2-4,6,8-14,16H,5,7,15,17H2,1H3,(H2,27,28,32). The van der Waals surface area contributed by atoms with Crippen LogP contribution in [0.15, 0.2) is 77.7 Å². The first-order chi connectivity index (χ1) is 16.0. The number of aryl methyl sites for hydroxylation is 1. The van der Waals surface area contributed by atoms with Gasteiger partial charge in [0.1, 0.15) is 0 Å². The number of carbonyl (C=O) groups excluding carboxylic acids is 2. The Balaban J connectivity index is 1.33. The second kappa shape index (κ2) is 10.6. The average molecular weight is 476 g/mol. The first-order valence-corrected chi connectivity index (χ1v) is 12.2. The zero-order valence-corrected chi connectivity index (χ0v) is 20.0. The molecule has 4 rings (SSSR count). The van der Waals surface area contributed by atoms with Gasteiger partial charge in [-0.3, -0.25) is 9.59 Å². The summed E-state index contributed by atoms with van der Waals surface area (Å²) < 4.78 is 0. The number of amides is 1. The highest BCUT2D eigenvalue weighted by Crippen LogP contribution is 2.29. The highest BCUT2D eigenvalue weighted by molar-refractivity contribution is 8.00. The molecule has 33 heavy (non-hydrogen) atoms. The van der Waals surface area contributed by atoms with E-state index in [0.717, 1.165) is 41.3 Å². The zero-order valence-electron chi connectivity index (χ0n) is 18.3. The van der Waals surface area contributed by atoms with E-state index in [2.05, 4.69) is 16.7 Å². The van der Waals surface area contributed by atoms with E-state index in [1.54, 1.807) is 19.1 Å². The molecule has 0 saturated heterocycles. The van der Waals surface area contributed by atoms with Crippen molar-refractivity contribution in [1.29, 1.82) is 0 Å². The van der Waals surface area contributed by atoms with Gasteiger partial charge >= 0.3 is 0 Å². The van der Waals surface area contributed by atoms with Crippen LogP contribution < -0.4 is 15.5 Å². The molecule has 1 amide bonds. The Morgan fingerprint density at radius 1 is 0.970 bits per heavy atom. The minimum atomic E-state index is 0.0274. The van der Waals surface area contributed by atoms with Crippen molar-refractivity contribution in [3.8, 4) is 0 Å². The minimum absolute atomic E-state index is 0.0274. The summed E-state index contributed by atoms with van der Waals surface area (Å²) in [5.41, 5.74) is 4.58. The Morgan fingerprint density at radius 2 is 1.73 bits per heavy atom. The summed E-state index contributed by atoms with van der Waals surface area (Å²) >= 11 is 6.94. The number of para-hydroxylation sites is 1. The summed E-state index contributed by atoms with van der Waals surface area (Å²) in [5, 5.41) is 6.75. The van der Waals surface area contributed by atoms with Gasteiger partial charge in [-0.1, -0.05) is 24.3 Å². The van der Waals surface area contributed by atoms with Gasteiger partial charge in [0.15, 0.2) is 10.9 Å². The molecule has 7 heteroatoms. The lowest BCUT2D eigenvalue weighted by Gasteiger charge is -2.29. The Kier molecular flexibility index (Phi) is 7.42. The van der Waals surface area contributed by atoms with E-state index >= 15 is 0 Å². The Bertz CT molecular complexity index is 1180. The maximum absolute atomic E-state index is 12.9. The molecule has 1 heterocycles. The van der Waals surface area contributed by atoms with Crippen molar-refractivity contribution in [2.24, 2.45) is 0 Å². The first kappa shape index (κ1) is 23.0. The van der Waals surface area contributed by atoms with Crippen molar-refractivity contribution >= 4 is 57.8 Å². The van der Waals surface area contributed by atoms with Gasteiger partial charge in [0, 0.05) is 34.1 Å². The Morgan fingerprint density at radius 3 is 2.52 bits per heavy atom. The first-order valence-electron chi connectivity index (χ1n) is 10.8. The van der Waals surface area contributed by atoms with E-state index in [-0.39, 0.29) is 11.7 Å². The molecule has 168 valence electrons. The molecule has 1 aliphatic heterocycles. The van der Waals surface area contributed by atoms with Crippen LogP contribution in [0.1, 0.15) is 29.3 Å². The summed E-state index contributed by atoms with van der Waals surface area (Å²) in [5.74, 6) is 0.527. The number of nitrogens with one attached hydrogen (secondary N) is 2. The van der Waals surface area contributed by atoms with Gasteiger partial charge in [0.05, 0.1) is 5.75 Å². The number of thiocarbonyl (C=S) groups is 1. The van der Waals surface area contributed by atoms with E-state index < -0.39 is 0 Å². The number of nitrogens with zero attached hydrogens (tertiary/aromatic N) is 1. The third kappa shape index (κ3) is 6.00. The molecular weight excluding hydrogens is 450 g/mol. The third-order valence-electron chi connectivity index (χ3n) is 5.41. The molecule has 1 aliphatic rings. The quantitative estimate of drug-likeness (QED) is 0.268. The molecule has 0 saturated carbocycles. The topological polar surface area (TPSA) is 61.4 Å². The van der Waals surface area contributed by atoms with Crippen LogP contribution in [0.2, 0.25) is 0 Å². The Labute approximate surface area is 203 Å². The van der Waals surface area contributed by atoms with Crippen molar-refractivity contribution in [3.63, 3.8) is 0 Å². The summed E-state index contributed by atoms with van der Waals surface area (Å²) in [7, 11) is 0. The number of Topliss-reactive ketones (excluding diaryl/α,β-unsaturated/α-hetero) is 1. The van der Waals surface area contributed by atoms with Gasteiger partial charge in [-0.15, -0.1) is 11.8 Å². The second-order valence-corrected chi connectivity index (χ2v) is 9.26. The number of fused-ring (bicyclic) bond motifs is 1. The fourth-order valence-corrected chi connectivity index (χ4v) is 4.83. The molecule has 3 aromatic carbocycles. The molecule has 0 fully saturated rings. The Hall–Kier alpha value is -3.16. The molecule has 0 aliphatic carbocycles. The van der Waals surface area contributed by atoms with Crippen molar-refractivity contribution in [1.82, 2.24) is 0 Å². The number of ketones is 1. The minimum Gasteiger partial charge on any atom is -0.332 e. The third-order valence-corrected chi connectivity index (χ3v) is 6.60. The fourth-order valence-electron chi connectivity index (χ4n) is 3.76. The lowest BCUT2D eigenvalue weighted by Crippen LogP contribution is -2.36. The smallest absolute Gasteiger partial charge is 0.237 e. The summed E-state index contributed by atoms with van der Waals surface area (Å²) in [4.78, 5) is 27.2. The van der Waals surface area contributed by atoms with Crippen molar-refractivity contribution in [3.05, 3.63) is 83.9 Å². The van der Waals surface area contributed by atoms with Gasteiger partial charge in [0.25, 0.3) is 0 Å². The van der Waals surface area contributed by atoms with Gasteiger partial charge in [0.2, 0.25) is 5.91 Å². The molecule has 2 N–H and O–H groups in total. The van der Waals surface area contributed by atoms with Crippen LogP contribution in [0.3, 0.4) is 0 Å². The molecule has 0 unspecified atom stereocenters. The predicted octanol–water partition coefficient (Wildman–Crippen LogP) is 5.77. The van der Waals surface area contributed by atoms with E-state index in [4.69, 9.17) is 12.2 Å². The van der Waals surface area contributed by atoms with Crippen LogP contribution in [0.5, 0.6) is 0 Å². The fraction of sp³-hybridized carbons (Fsp3) is 0.192. The van der Waals surface area contributed by atoms with Crippen LogP contribution in [0, 0.1) is 0 Å². The van der Waals surface area contributed by atoms with Gasteiger partial charge < -0.3 is 15.5 Å². The molecule has 0 radical (unpaired) electrons. The molecule has 0 atom stereocenters.